The molecular formula is C10H12ClN3O4. The van der Waals surface area contributed by atoms with Crippen LogP contribution in [0.15, 0.2) is 12.4 Å². The lowest BCUT2D eigenvalue weighted by molar-refractivity contribution is -0.137. The Morgan fingerprint density at radius 2 is 2.22 bits per heavy atom. The lowest BCUT2D eigenvalue weighted by Crippen LogP contribution is -2.38. The molecule has 0 bridgehead atoms. The van der Waals surface area contributed by atoms with Crippen molar-refractivity contribution in [2.75, 3.05) is 26.8 Å². The number of carboxylic acids is 1. The lowest BCUT2D eigenvalue weighted by atomic mass is 10.3. The quantitative estimate of drug-likeness (QED) is 0.801. The second kappa shape index (κ2) is 6.87. The summed E-state index contributed by atoms with van der Waals surface area (Å²) in [6.07, 6.45) is 2.52. The van der Waals surface area contributed by atoms with Crippen molar-refractivity contribution in [1.29, 1.82) is 0 Å². The van der Waals surface area contributed by atoms with Gasteiger partial charge in [0, 0.05) is 13.7 Å². The molecule has 0 aromatic carbocycles. The van der Waals surface area contributed by atoms with E-state index in [1.807, 2.05) is 0 Å². The van der Waals surface area contributed by atoms with E-state index in [1.165, 1.54) is 19.5 Å². The number of rotatable bonds is 6. The minimum absolute atomic E-state index is 0.000136. The summed E-state index contributed by atoms with van der Waals surface area (Å²) in [6.45, 7) is -0.0563. The van der Waals surface area contributed by atoms with Gasteiger partial charge in [-0.05, 0) is 0 Å². The molecule has 0 spiro atoms. The van der Waals surface area contributed by atoms with Crippen LogP contribution in [0.25, 0.3) is 0 Å². The molecule has 8 heteroatoms. The Bertz CT molecular complexity index is 441. The van der Waals surface area contributed by atoms with Crippen molar-refractivity contribution in [3.63, 3.8) is 0 Å². The van der Waals surface area contributed by atoms with Gasteiger partial charge in [-0.3, -0.25) is 14.6 Å². The molecule has 0 aliphatic rings. The maximum absolute atomic E-state index is 12.0. The van der Waals surface area contributed by atoms with Crippen molar-refractivity contribution in [3.8, 4) is 0 Å². The summed E-state index contributed by atoms with van der Waals surface area (Å²) < 4.78 is 4.81. The molecule has 0 radical (unpaired) electrons. The van der Waals surface area contributed by atoms with E-state index in [4.69, 9.17) is 21.4 Å². The minimum Gasteiger partial charge on any atom is -0.480 e. The summed E-state index contributed by atoms with van der Waals surface area (Å²) in [7, 11) is 1.46. The Hall–Kier alpha value is -1.73. The number of ether oxygens (including phenoxy) is 1. The fourth-order valence-electron chi connectivity index (χ4n) is 1.22. The number of amides is 1. The van der Waals surface area contributed by atoms with Gasteiger partial charge in [-0.1, -0.05) is 11.6 Å². The highest BCUT2D eigenvalue weighted by Gasteiger charge is 2.19. The van der Waals surface area contributed by atoms with Gasteiger partial charge in [-0.25, -0.2) is 4.98 Å². The van der Waals surface area contributed by atoms with Crippen LogP contribution in [0.4, 0.5) is 0 Å². The van der Waals surface area contributed by atoms with Gasteiger partial charge in [0.25, 0.3) is 5.91 Å². The number of aliphatic carboxylic acids is 1. The molecule has 0 saturated heterocycles. The Labute approximate surface area is 108 Å². The molecule has 0 unspecified atom stereocenters. The normalized spacial score (nSPS) is 10.1. The zero-order valence-corrected chi connectivity index (χ0v) is 10.4. The molecule has 18 heavy (non-hydrogen) atoms. The zero-order chi connectivity index (χ0) is 13.5. The molecule has 7 nitrogen and oxygen atoms in total. The second-order valence-electron chi connectivity index (χ2n) is 3.34. The fraction of sp³-hybridized carbons (Fsp3) is 0.400. The minimum atomic E-state index is -1.12. The van der Waals surface area contributed by atoms with Crippen LogP contribution in [0.1, 0.15) is 10.5 Å². The summed E-state index contributed by atoms with van der Waals surface area (Å²) in [5, 5.41) is 8.81. The van der Waals surface area contributed by atoms with Crippen LogP contribution in [-0.2, 0) is 9.53 Å². The first-order chi connectivity index (χ1) is 8.54. The van der Waals surface area contributed by atoms with Gasteiger partial charge in [0.05, 0.1) is 19.0 Å². The molecule has 1 N–H and O–H groups in total. The highest BCUT2D eigenvalue weighted by Crippen LogP contribution is 2.05. The van der Waals surface area contributed by atoms with Crippen molar-refractivity contribution in [2.24, 2.45) is 0 Å². The molecule has 0 saturated carbocycles. The largest absolute Gasteiger partial charge is 0.480 e. The summed E-state index contributed by atoms with van der Waals surface area (Å²) >= 11 is 5.62. The second-order valence-corrected chi connectivity index (χ2v) is 3.73. The van der Waals surface area contributed by atoms with Crippen LogP contribution in [0.2, 0.25) is 5.15 Å². The topological polar surface area (TPSA) is 92.6 Å². The van der Waals surface area contributed by atoms with E-state index in [0.717, 1.165) is 4.90 Å². The fourth-order valence-corrected chi connectivity index (χ4v) is 1.37. The molecular weight excluding hydrogens is 262 g/mol. The smallest absolute Gasteiger partial charge is 0.323 e. The molecule has 1 amide bonds. The molecule has 1 heterocycles. The molecule has 1 rings (SSSR count). The zero-order valence-electron chi connectivity index (χ0n) is 9.67. The molecule has 98 valence electrons. The first-order valence-electron chi connectivity index (χ1n) is 5.02. The number of carboxylic acid groups (broad SMARTS) is 1. The summed E-state index contributed by atoms with van der Waals surface area (Å²) in [5.41, 5.74) is -0.000136. The number of nitrogens with zero attached hydrogens (tertiary/aromatic N) is 3. The Balaban J connectivity index is 2.83. The summed E-state index contributed by atoms with van der Waals surface area (Å²) in [4.78, 5) is 31.3. The number of hydrogen-bond donors (Lipinski definition) is 1. The monoisotopic (exact) mass is 273 g/mol. The maximum Gasteiger partial charge on any atom is 0.323 e. The van der Waals surface area contributed by atoms with Gasteiger partial charge >= 0.3 is 5.97 Å². The predicted molar refractivity (Wildman–Crippen MR) is 62.5 cm³/mol. The van der Waals surface area contributed by atoms with E-state index in [-0.39, 0.29) is 24.0 Å². The number of aromatic nitrogens is 2. The van der Waals surface area contributed by atoms with Crippen molar-refractivity contribution in [3.05, 3.63) is 23.2 Å². The predicted octanol–water partition coefficient (Wildman–Crippen LogP) is 0.303. The summed E-state index contributed by atoms with van der Waals surface area (Å²) in [6, 6.07) is 0. The SMILES string of the molecule is COCCN(CC(=O)O)C(=O)c1cncc(Cl)n1. The van der Waals surface area contributed by atoms with Gasteiger partial charge in [0.15, 0.2) is 0 Å². The van der Waals surface area contributed by atoms with Crippen LogP contribution in [0, 0.1) is 0 Å². The van der Waals surface area contributed by atoms with E-state index < -0.39 is 18.4 Å². The first kappa shape index (κ1) is 14.3. The van der Waals surface area contributed by atoms with E-state index in [9.17, 15) is 9.59 Å². The third-order valence-corrected chi connectivity index (χ3v) is 2.19. The van der Waals surface area contributed by atoms with Crippen molar-refractivity contribution in [1.82, 2.24) is 14.9 Å². The molecule has 0 aliphatic heterocycles. The third kappa shape index (κ3) is 4.27. The van der Waals surface area contributed by atoms with Crippen molar-refractivity contribution in [2.45, 2.75) is 0 Å². The number of halogens is 1. The number of methoxy groups -OCH3 is 1. The highest BCUT2D eigenvalue weighted by atomic mass is 35.5. The Morgan fingerprint density at radius 3 is 2.78 bits per heavy atom. The van der Waals surface area contributed by atoms with Crippen LogP contribution >= 0.6 is 11.6 Å². The van der Waals surface area contributed by atoms with E-state index in [0.29, 0.717) is 0 Å². The van der Waals surface area contributed by atoms with Gasteiger partial charge in [-0.2, -0.15) is 0 Å². The molecule has 0 fully saturated rings. The maximum atomic E-state index is 12.0. The van der Waals surface area contributed by atoms with E-state index in [1.54, 1.807) is 0 Å². The molecule has 1 aromatic rings. The number of carbonyl (C=O) groups excluding carboxylic acids is 1. The van der Waals surface area contributed by atoms with Crippen LogP contribution in [-0.4, -0.2) is 58.7 Å². The van der Waals surface area contributed by atoms with Gasteiger partial charge in [0.2, 0.25) is 0 Å². The average Bonchev–Trinajstić information content (AvgIpc) is 2.33. The summed E-state index contributed by atoms with van der Waals surface area (Å²) in [5.74, 6) is -1.67. The average molecular weight is 274 g/mol. The third-order valence-electron chi connectivity index (χ3n) is 2.00. The van der Waals surface area contributed by atoms with Crippen LogP contribution in [0.5, 0.6) is 0 Å². The van der Waals surface area contributed by atoms with Gasteiger partial charge in [-0.15, -0.1) is 0 Å². The van der Waals surface area contributed by atoms with Crippen molar-refractivity contribution >= 4 is 23.5 Å². The van der Waals surface area contributed by atoms with E-state index in [2.05, 4.69) is 9.97 Å². The first-order valence-corrected chi connectivity index (χ1v) is 5.40. The molecule has 0 aliphatic carbocycles. The van der Waals surface area contributed by atoms with Crippen LogP contribution < -0.4 is 0 Å². The lowest BCUT2D eigenvalue weighted by Gasteiger charge is -2.19. The van der Waals surface area contributed by atoms with Crippen LogP contribution in [0.3, 0.4) is 0 Å². The van der Waals surface area contributed by atoms with E-state index >= 15 is 0 Å². The van der Waals surface area contributed by atoms with Gasteiger partial charge in [0.1, 0.15) is 17.4 Å². The number of carbonyl (C=O) groups is 2. The Kier molecular flexibility index (Phi) is 5.47. The van der Waals surface area contributed by atoms with Crippen molar-refractivity contribution < 1.29 is 19.4 Å². The highest BCUT2D eigenvalue weighted by molar-refractivity contribution is 6.29. The number of hydrogen-bond acceptors (Lipinski definition) is 5. The molecule has 1 aromatic heterocycles. The standard InChI is InChI=1S/C10H12ClN3O4/c1-18-3-2-14(6-9(15)16)10(17)7-4-12-5-8(11)13-7/h4-5H,2-3,6H2,1H3,(H,15,16). The van der Waals surface area contributed by atoms with Gasteiger partial charge < -0.3 is 14.7 Å². The Morgan fingerprint density at radius 1 is 1.50 bits per heavy atom. The molecule has 0 atom stereocenters.